The van der Waals surface area contributed by atoms with Crippen molar-refractivity contribution in [3.05, 3.63) is 29.3 Å². The van der Waals surface area contributed by atoms with Gasteiger partial charge in [-0.2, -0.15) is 0 Å². The highest BCUT2D eigenvalue weighted by Crippen LogP contribution is 2.15. The first-order chi connectivity index (χ1) is 8.65. The van der Waals surface area contributed by atoms with Crippen molar-refractivity contribution in [2.75, 3.05) is 26.3 Å². The molecule has 0 aliphatic carbocycles. The number of benzene rings is 1. The summed E-state index contributed by atoms with van der Waals surface area (Å²) in [5.41, 5.74) is 0. The van der Waals surface area contributed by atoms with Gasteiger partial charge >= 0.3 is 0 Å². The minimum Gasteiger partial charge on any atom is -0.484 e. The fourth-order valence-corrected chi connectivity index (χ4v) is 1.94. The Labute approximate surface area is 111 Å². The van der Waals surface area contributed by atoms with E-state index < -0.39 is 0 Å². The van der Waals surface area contributed by atoms with Gasteiger partial charge in [-0.15, -0.1) is 0 Å². The second kappa shape index (κ2) is 6.07. The Morgan fingerprint density at radius 2 is 2.22 bits per heavy atom. The maximum Gasteiger partial charge on any atom is 0.260 e. The third-order valence-electron chi connectivity index (χ3n) is 2.77. The Hall–Kier alpha value is -1.26. The number of hydrogen-bond donors (Lipinski definition) is 0. The predicted octanol–water partition coefficient (Wildman–Crippen LogP) is 1.97. The summed E-state index contributed by atoms with van der Waals surface area (Å²) in [6.07, 6.45) is 0.0956. The molecule has 1 aliphatic rings. The number of nitrogens with zero attached hydrogens (tertiary/aromatic N) is 1. The number of carbonyl (C=O) groups excluding carboxylic acids is 1. The van der Waals surface area contributed by atoms with Gasteiger partial charge in [0.05, 0.1) is 12.7 Å². The average molecular weight is 270 g/mol. The topological polar surface area (TPSA) is 38.8 Å². The quantitative estimate of drug-likeness (QED) is 0.842. The lowest BCUT2D eigenvalue weighted by Gasteiger charge is -2.31. The van der Waals surface area contributed by atoms with Gasteiger partial charge in [-0.1, -0.05) is 11.6 Å². The Kier molecular flexibility index (Phi) is 4.44. The van der Waals surface area contributed by atoms with Crippen LogP contribution >= 0.6 is 11.6 Å². The molecule has 1 atom stereocenters. The molecule has 0 bridgehead atoms. The first-order valence-electron chi connectivity index (χ1n) is 5.93. The van der Waals surface area contributed by atoms with Gasteiger partial charge in [-0.25, -0.2) is 0 Å². The van der Waals surface area contributed by atoms with Crippen LogP contribution in [0.4, 0.5) is 0 Å². The van der Waals surface area contributed by atoms with Crippen molar-refractivity contribution in [2.24, 2.45) is 0 Å². The van der Waals surface area contributed by atoms with E-state index in [0.717, 1.165) is 0 Å². The van der Waals surface area contributed by atoms with Gasteiger partial charge in [-0.3, -0.25) is 4.79 Å². The lowest BCUT2D eigenvalue weighted by molar-refractivity contribution is -0.140. The van der Waals surface area contributed by atoms with Crippen molar-refractivity contribution in [1.82, 2.24) is 4.90 Å². The molecule has 98 valence electrons. The van der Waals surface area contributed by atoms with Crippen molar-refractivity contribution >= 4 is 17.5 Å². The molecule has 1 aromatic rings. The van der Waals surface area contributed by atoms with E-state index in [-0.39, 0.29) is 18.6 Å². The predicted molar refractivity (Wildman–Crippen MR) is 68.9 cm³/mol. The molecular weight excluding hydrogens is 254 g/mol. The first kappa shape index (κ1) is 13.2. The fraction of sp³-hybridized carbons (Fsp3) is 0.462. The van der Waals surface area contributed by atoms with Gasteiger partial charge < -0.3 is 14.4 Å². The van der Waals surface area contributed by atoms with E-state index in [1.165, 1.54) is 0 Å². The van der Waals surface area contributed by atoms with Crippen molar-refractivity contribution in [3.8, 4) is 5.75 Å². The number of morpholine rings is 1. The zero-order valence-corrected chi connectivity index (χ0v) is 11.0. The van der Waals surface area contributed by atoms with E-state index >= 15 is 0 Å². The highest BCUT2D eigenvalue weighted by atomic mass is 35.5. The molecule has 1 amide bonds. The molecule has 1 fully saturated rings. The number of hydrogen-bond acceptors (Lipinski definition) is 3. The third-order valence-corrected chi connectivity index (χ3v) is 3.02. The molecule has 1 aromatic carbocycles. The maximum absolute atomic E-state index is 11.9. The second-order valence-electron chi connectivity index (χ2n) is 4.26. The SMILES string of the molecule is C[C@H]1CN(C(=O)COc2ccc(Cl)cc2)CCO1. The molecule has 2 rings (SSSR count). The van der Waals surface area contributed by atoms with Crippen LogP contribution in [0.2, 0.25) is 5.02 Å². The number of carbonyl (C=O) groups is 1. The van der Waals surface area contributed by atoms with Crippen molar-refractivity contribution in [3.63, 3.8) is 0 Å². The van der Waals surface area contributed by atoms with E-state index in [0.29, 0.717) is 30.5 Å². The van der Waals surface area contributed by atoms with Gasteiger partial charge in [0.1, 0.15) is 5.75 Å². The molecule has 0 radical (unpaired) electrons. The summed E-state index contributed by atoms with van der Waals surface area (Å²) in [4.78, 5) is 13.7. The summed E-state index contributed by atoms with van der Waals surface area (Å²) in [5.74, 6) is 0.633. The minimum atomic E-state index is -0.0138. The summed E-state index contributed by atoms with van der Waals surface area (Å²) in [5, 5.41) is 0.649. The van der Waals surface area contributed by atoms with Gasteiger partial charge in [0.15, 0.2) is 6.61 Å². The molecule has 1 heterocycles. The molecule has 0 unspecified atom stereocenters. The number of amides is 1. The average Bonchev–Trinajstić information content (AvgIpc) is 2.38. The molecule has 1 aliphatic heterocycles. The molecule has 0 saturated carbocycles. The van der Waals surface area contributed by atoms with Crippen LogP contribution in [0.5, 0.6) is 5.75 Å². The van der Waals surface area contributed by atoms with Crippen LogP contribution in [0, 0.1) is 0 Å². The van der Waals surface area contributed by atoms with Gasteiger partial charge in [0.2, 0.25) is 0 Å². The molecular formula is C13H16ClNO3. The molecule has 18 heavy (non-hydrogen) atoms. The van der Waals surface area contributed by atoms with Crippen LogP contribution in [-0.4, -0.2) is 43.2 Å². The summed E-state index contributed by atoms with van der Waals surface area (Å²) in [6.45, 7) is 3.86. The highest BCUT2D eigenvalue weighted by Gasteiger charge is 2.21. The van der Waals surface area contributed by atoms with E-state index in [9.17, 15) is 4.79 Å². The van der Waals surface area contributed by atoms with Crippen LogP contribution in [0.3, 0.4) is 0 Å². The van der Waals surface area contributed by atoms with Gasteiger partial charge in [-0.05, 0) is 31.2 Å². The van der Waals surface area contributed by atoms with Gasteiger partial charge in [0, 0.05) is 18.1 Å². The summed E-state index contributed by atoms with van der Waals surface area (Å²) in [6, 6.07) is 6.96. The largest absolute Gasteiger partial charge is 0.484 e. The second-order valence-corrected chi connectivity index (χ2v) is 4.70. The zero-order chi connectivity index (χ0) is 13.0. The van der Waals surface area contributed by atoms with E-state index in [4.69, 9.17) is 21.1 Å². The minimum absolute atomic E-state index is 0.0138. The Bertz CT molecular complexity index is 407. The smallest absolute Gasteiger partial charge is 0.260 e. The van der Waals surface area contributed by atoms with Crippen LogP contribution in [-0.2, 0) is 9.53 Å². The Balaban J connectivity index is 1.82. The fourth-order valence-electron chi connectivity index (χ4n) is 1.81. The standard InChI is InChI=1S/C13H16ClNO3/c1-10-8-15(6-7-17-10)13(16)9-18-12-4-2-11(14)3-5-12/h2-5,10H,6-9H2,1H3/t10-/m0/s1. The maximum atomic E-state index is 11.9. The summed E-state index contributed by atoms with van der Waals surface area (Å²) < 4.78 is 10.8. The lowest BCUT2D eigenvalue weighted by Crippen LogP contribution is -2.46. The molecule has 4 nitrogen and oxygen atoms in total. The number of ether oxygens (including phenoxy) is 2. The van der Waals surface area contributed by atoms with Crippen LogP contribution in [0.15, 0.2) is 24.3 Å². The summed E-state index contributed by atoms with van der Waals surface area (Å²) >= 11 is 5.77. The van der Waals surface area contributed by atoms with Crippen molar-refractivity contribution in [2.45, 2.75) is 13.0 Å². The molecule has 0 spiro atoms. The Morgan fingerprint density at radius 3 is 2.89 bits per heavy atom. The number of halogens is 1. The molecule has 0 aromatic heterocycles. The molecule has 1 saturated heterocycles. The monoisotopic (exact) mass is 269 g/mol. The van der Waals surface area contributed by atoms with Gasteiger partial charge in [0.25, 0.3) is 5.91 Å². The molecule has 5 heteroatoms. The third kappa shape index (κ3) is 3.62. The van der Waals surface area contributed by atoms with Crippen molar-refractivity contribution in [1.29, 1.82) is 0 Å². The normalized spacial score (nSPS) is 19.7. The zero-order valence-electron chi connectivity index (χ0n) is 10.3. The highest BCUT2D eigenvalue weighted by molar-refractivity contribution is 6.30. The van der Waals surface area contributed by atoms with Crippen molar-refractivity contribution < 1.29 is 14.3 Å². The van der Waals surface area contributed by atoms with Crippen LogP contribution in [0.1, 0.15) is 6.92 Å². The first-order valence-corrected chi connectivity index (χ1v) is 6.30. The lowest BCUT2D eigenvalue weighted by atomic mass is 10.3. The van der Waals surface area contributed by atoms with Crippen LogP contribution in [0.25, 0.3) is 0 Å². The van der Waals surface area contributed by atoms with Crippen LogP contribution < -0.4 is 4.74 Å². The summed E-state index contributed by atoms with van der Waals surface area (Å²) in [7, 11) is 0. The Morgan fingerprint density at radius 1 is 1.50 bits per heavy atom. The molecule has 0 N–H and O–H groups in total. The van der Waals surface area contributed by atoms with E-state index in [2.05, 4.69) is 0 Å². The van der Waals surface area contributed by atoms with E-state index in [1.54, 1.807) is 29.2 Å². The number of rotatable bonds is 3. The van der Waals surface area contributed by atoms with E-state index in [1.807, 2.05) is 6.92 Å².